The molecule has 5 nitrogen and oxygen atoms in total. The number of nitrogens with one attached hydrogen (secondary N) is 1. The van der Waals surface area contributed by atoms with E-state index in [4.69, 9.17) is 12.2 Å². The number of rotatable bonds is 2. The summed E-state index contributed by atoms with van der Waals surface area (Å²) < 4.78 is 15.5. The van der Waals surface area contributed by atoms with Crippen LogP contribution < -0.4 is 0 Å². The Morgan fingerprint density at radius 2 is 2.00 bits per heavy atom. The standard InChI is InChI=1S/C17H17FN4OS/c1-17(2,3)14-10(9-19-21-14)8-12-15(23)22(16(24)20-12)13-7-5-4-6-11(13)18/h4-9,23H,1-3H3,(H,20,24)/b10-8+. The van der Waals surface area contributed by atoms with Crippen LogP contribution in [0.2, 0.25) is 0 Å². The maximum atomic E-state index is 14.0. The van der Waals surface area contributed by atoms with E-state index >= 15 is 0 Å². The molecule has 0 saturated carbocycles. The first-order valence-corrected chi connectivity index (χ1v) is 7.82. The van der Waals surface area contributed by atoms with Crippen LogP contribution in [0.3, 0.4) is 0 Å². The molecular formula is C17H17FN4OS. The summed E-state index contributed by atoms with van der Waals surface area (Å²) in [4.78, 5) is 2.91. The van der Waals surface area contributed by atoms with E-state index in [1.54, 1.807) is 30.5 Å². The van der Waals surface area contributed by atoms with E-state index in [0.717, 1.165) is 11.3 Å². The second-order valence-electron chi connectivity index (χ2n) is 6.50. The van der Waals surface area contributed by atoms with Gasteiger partial charge in [0.1, 0.15) is 11.5 Å². The van der Waals surface area contributed by atoms with E-state index in [0.29, 0.717) is 5.69 Å². The molecule has 24 heavy (non-hydrogen) atoms. The molecule has 1 aromatic heterocycles. The molecule has 2 N–H and O–H groups in total. The fraction of sp³-hybridized carbons (Fsp3) is 0.235. The molecule has 0 unspecified atom stereocenters. The largest absolute Gasteiger partial charge is 0.493 e. The number of aromatic amines is 1. The molecule has 2 aromatic rings. The molecule has 0 aliphatic carbocycles. The van der Waals surface area contributed by atoms with Gasteiger partial charge >= 0.3 is 0 Å². The minimum absolute atomic E-state index is 0.161. The summed E-state index contributed by atoms with van der Waals surface area (Å²) in [6.45, 7) is 6.09. The van der Waals surface area contributed by atoms with E-state index in [1.807, 2.05) is 20.8 Å². The van der Waals surface area contributed by atoms with Crippen LogP contribution in [0, 0.1) is 16.0 Å². The van der Waals surface area contributed by atoms with Gasteiger partial charge in [-0.2, -0.15) is 10.2 Å². The van der Waals surface area contributed by atoms with Crippen molar-refractivity contribution < 1.29 is 9.50 Å². The van der Waals surface area contributed by atoms with Crippen molar-refractivity contribution in [1.29, 1.82) is 0 Å². The van der Waals surface area contributed by atoms with Crippen LogP contribution >= 0.6 is 12.2 Å². The molecular weight excluding hydrogens is 327 g/mol. The van der Waals surface area contributed by atoms with Gasteiger partial charge < -0.3 is 10.1 Å². The number of imidazole rings is 1. The highest BCUT2D eigenvalue weighted by Gasteiger charge is 2.25. The Kier molecular flexibility index (Phi) is 3.96. The van der Waals surface area contributed by atoms with Gasteiger partial charge in [-0.05, 0) is 30.4 Å². The molecule has 0 saturated heterocycles. The monoisotopic (exact) mass is 344 g/mol. The van der Waals surface area contributed by atoms with Crippen LogP contribution in [0.25, 0.3) is 11.8 Å². The number of aromatic nitrogens is 2. The molecule has 0 atom stereocenters. The lowest BCUT2D eigenvalue weighted by atomic mass is 9.86. The number of hydrogen-bond donors (Lipinski definition) is 2. The predicted octanol–water partition coefficient (Wildman–Crippen LogP) is 4.25. The number of nitrogens with zero attached hydrogens (tertiary/aromatic N) is 3. The maximum absolute atomic E-state index is 14.0. The maximum Gasteiger partial charge on any atom is 0.222 e. The summed E-state index contributed by atoms with van der Waals surface area (Å²) in [5.74, 6) is -0.632. The summed E-state index contributed by atoms with van der Waals surface area (Å²) >= 11 is 5.23. The Labute approximate surface area is 143 Å². The lowest BCUT2D eigenvalue weighted by Crippen LogP contribution is -2.20. The fourth-order valence-corrected chi connectivity index (χ4v) is 2.81. The van der Waals surface area contributed by atoms with Gasteiger partial charge in [0.2, 0.25) is 5.88 Å². The van der Waals surface area contributed by atoms with Crippen molar-refractivity contribution in [1.82, 2.24) is 9.55 Å². The van der Waals surface area contributed by atoms with Crippen molar-refractivity contribution in [3.8, 4) is 11.6 Å². The average molecular weight is 344 g/mol. The minimum atomic E-state index is -0.471. The molecule has 7 heteroatoms. The molecule has 0 bridgehead atoms. The van der Waals surface area contributed by atoms with E-state index in [2.05, 4.69) is 15.2 Å². The number of hydrogen-bond acceptors (Lipinski definition) is 4. The first-order valence-electron chi connectivity index (χ1n) is 7.41. The van der Waals surface area contributed by atoms with Crippen LogP contribution in [0.4, 0.5) is 4.39 Å². The summed E-state index contributed by atoms with van der Waals surface area (Å²) in [7, 11) is 0. The Balaban J connectivity index is 2.10. The van der Waals surface area contributed by atoms with E-state index in [9.17, 15) is 9.50 Å². The number of aromatic hydroxyl groups is 1. The molecule has 0 fully saturated rings. The molecule has 0 radical (unpaired) electrons. The van der Waals surface area contributed by atoms with Gasteiger partial charge in [0, 0.05) is 11.0 Å². The minimum Gasteiger partial charge on any atom is -0.493 e. The van der Waals surface area contributed by atoms with E-state index in [1.165, 1.54) is 10.6 Å². The normalized spacial score (nSPS) is 16.0. The molecule has 1 aliphatic heterocycles. The second-order valence-corrected chi connectivity index (χ2v) is 6.88. The van der Waals surface area contributed by atoms with Gasteiger partial charge in [0.25, 0.3) is 0 Å². The van der Waals surface area contributed by atoms with Gasteiger partial charge in [-0.25, -0.2) is 4.39 Å². The number of benzene rings is 1. The first-order chi connectivity index (χ1) is 11.3. The highest BCUT2D eigenvalue weighted by atomic mass is 32.1. The SMILES string of the molecule is CC(C)(C)C1=NN=C/C1=C\c1[nH]c(=S)n(-c2ccccc2F)c1O. The number of para-hydroxylation sites is 1. The molecule has 0 amide bonds. The molecule has 2 heterocycles. The first kappa shape index (κ1) is 16.3. The Hall–Kier alpha value is -2.54. The van der Waals surface area contributed by atoms with Crippen LogP contribution in [-0.4, -0.2) is 26.6 Å². The van der Waals surface area contributed by atoms with Crippen molar-refractivity contribution in [3.63, 3.8) is 0 Å². The fourth-order valence-electron chi connectivity index (χ4n) is 2.51. The summed E-state index contributed by atoms with van der Waals surface area (Å²) in [6, 6.07) is 6.12. The highest BCUT2D eigenvalue weighted by molar-refractivity contribution is 7.71. The summed E-state index contributed by atoms with van der Waals surface area (Å²) in [5.41, 5.74) is 1.95. The Morgan fingerprint density at radius 1 is 1.29 bits per heavy atom. The van der Waals surface area contributed by atoms with Gasteiger partial charge in [-0.3, -0.25) is 4.57 Å². The Morgan fingerprint density at radius 3 is 2.67 bits per heavy atom. The number of allylic oxidation sites excluding steroid dienone is 1. The zero-order valence-electron chi connectivity index (χ0n) is 13.5. The lowest BCUT2D eigenvalue weighted by molar-refractivity contribution is 0.438. The van der Waals surface area contributed by atoms with Gasteiger partial charge in [0.15, 0.2) is 4.77 Å². The van der Waals surface area contributed by atoms with Gasteiger partial charge in [0.05, 0.1) is 17.6 Å². The van der Waals surface area contributed by atoms with E-state index < -0.39 is 5.82 Å². The van der Waals surface area contributed by atoms with Crippen LogP contribution in [0.1, 0.15) is 26.5 Å². The van der Waals surface area contributed by atoms with Crippen LogP contribution in [0.15, 0.2) is 40.0 Å². The van der Waals surface area contributed by atoms with Crippen LogP contribution in [0.5, 0.6) is 5.88 Å². The summed E-state index contributed by atoms with van der Waals surface area (Å²) in [5, 5.41) is 18.6. The molecule has 124 valence electrons. The van der Waals surface area contributed by atoms with Gasteiger partial charge in [-0.15, -0.1) is 0 Å². The number of halogens is 1. The van der Waals surface area contributed by atoms with Crippen molar-refractivity contribution in [2.75, 3.05) is 0 Å². The third kappa shape index (κ3) is 2.82. The smallest absolute Gasteiger partial charge is 0.222 e. The summed E-state index contributed by atoms with van der Waals surface area (Å²) in [6.07, 6.45) is 3.33. The Bertz CT molecular complexity index is 944. The van der Waals surface area contributed by atoms with Crippen molar-refractivity contribution in [3.05, 3.63) is 46.1 Å². The van der Waals surface area contributed by atoms with Crippen molar-refractivity contribution in [2.24, 2.45) is 15.6 Å². The van der Waals surface area contributed by atoms with Crippen LogP contribution in [-0.2, 0) is 0 Å². The van der Waals surface area contributed by atoms with Gasteiger partial charge in [-0.1, -0.05) is 32.9 Å². The topological polar surface area (TPSA) is 65.7 Å². The quantitative estimate of drug-likeness (QED) is 0.800. The predicted molar refractivity (Wildman–Crippen MR) is 95.9 cm³/mol. The third-order valence-corrected chi connectivity index (χ3v) is 3.91. The second kappa shape index (κ2) is 5.83. The molecule has 1 aromatic carbocycles. The van der Waals surface area contributed by atoms with Crippen molar-refractivity contribution >= 4 is 30.2 Å². The zero-order valence-corrected chi connectivity index (χ0v) is 14.4. The highest BCUT2D eigenvalue weighted by Crippen LogP contribution is 2.29. The molecule has 1 aliphatic rings. The molecule has 3 rings (SSSR count). The number of H-pyrrole nitrogens is 1. The zero-order chi connectivity index (χ0) is 17.5. The average Bonchev–Trinajstić information content (AvgIpc) is 3.06. The van der Waals surface area contributed by atoms with E-state index in [-0.39, 0.29) is 21.8 Å². The van der Waals surface area contributed by atoms with Crippen molar-refractivity contribution in [2.45, 2.75) is 20.8 Å². The molecule has 0 spiro atoms. The third-order valence-electron chi connectivity index (χ3n) is 3.63. The lowest BCUT2D eigenvalue weighted by Gasteiger charge is -2.18.